The summed E-state index contributed by atoms with van der Waals surface area (Å²) >= 11 is 0. The number of rotatable bonds is 6. The van der Waals surface area contributed by atoms with Gasteiger partial charge >= 0.3 is 0 Å². The van der Waals surface area contributed by atoms with Crippen molar-refractivity contribution in [3.8, 4) is 11.3 Å². The average Bonchev–Trinajstić information content (AvgIpc) is 2.89. The Labute approximate surface area is 127 Å². The van der Waals surface area contributed by atoms with Crippen molar-refractivity contribution < 1.29 is 0 Å². The lowest BCUT2D eigenvalue weighted by Gasteiger charge is -2.09. The molecule has 2 aromatic rings. The van der Waals surface area contributed by atoms with E-state index < -0.39 is 0 Å². The van der Waals surface area contributed by atoms with Crippen LogP contribution in [0.1, 0.15) is 37.9 Å². The zero-order valence-electron chi connectivity index (χ0n) is 13.2. The third-order valence-corrected chi connectivity index (χ3v) is 3.50. The van der Waals surface area contributed by atoms with E-state index in [1.807, 2.05) is 31.5 Å². The van der Waals surface area contributed by atoms with E-state index in [4.69, 9.17) is 0 Å². The third kappa shape index (κ3) is 3.94. The molecule has 1 aromatic heterocycles. The summed E-state index contributed by atoms with van der Waals surface area (Å²) in [5, 5.41) is 0. The molecule has 0 spiro atoms. The van der Waals surface area contributed by atoms with Crippen molar-refractivity contribution in [2.75, 3.05) is 0 Å². The SMILES string of the molecule is C/C=C\C=C/c1ncn(CCCC)c1-c1ccc(C)cc1. The highest BCUT2D eigenvalue weighted by atomic mass is 15.1. The Balaban J connectivity index is 2.42. The number of aryl methyl sites for hydroxylation is 2. The van der Waals surface area contributed by atoms with Crippen molar-refractivity contribution in [1.82, 2.24) is 9.55 Å². The standard InChI is InChI=1S/C19H24N2/c1-4-6-8-9-18-19(17-12-10-16(3)11-13-17)21(15-20-18)14-7-5-2/h4,6,8-13,15H,5,7,14H2,1-3H3/b6-4-,9-8-. The Bertz CT molecular complexity index is 616. The largest absolute Gasteiger partial charge is 0.330 e. The van der Waals surface area contributed by atoms with Gasteiger partial charge in [0.05, 0.1) is 17.7 Å². The summed E-state index contributed by atoms with van der Waals surface area (Å²) in [6, 6.07) is 8.68. The molecule has 0 radical (unpaired) electrons. The lowest BCUT2D eigenvalue weighted by atomic mass is 10.1. The van der Waals surface area contributed by atoms with Crippen molar-refractivity contribution in [3.05, 3.63) is 60.1 Å². The smallest absolute Gasteiger partial charge is 0.0958 e. The van der Waals surface area contributed by atoms with Crippen LogP contribution in [0.5, 0.6) is 0 Å². The molecule has 0 atom stereocenters. The van der Waals surface area contributed by atoms with E-state index in [1.165, 1.54) is 29.7 Å². The molecule has 0 aliphatic rings. The molecule has 1 heterocycles. The molecule has 0 N–H and O–H groups in total. The quantitative estimate of drug-likeness (QED) is 0.661. The molecule has 0 bridgehead atoms. The van der Waals surface area contributed by atoms with E-state index in [1.54, 1.807) is 0 Å². The van der Waals surface area contributed by atoms with E-state index in [9.17, 15) is 0 Å². The molecular formula is C19H24N2. The Morgan fingerprint density at radius 3 is 2.57 bits per heavy atom. The highest BCUT2D eigenvalue weighted by molar-refractivity contribution is 5.71. The van der Waals surface area contributed by atoms with Gasteiger partial charge in [0.15, 0.2) is 0 Å². The predicted molar refractivity (Wildman–Crippen MR) is 91.2 cm³/mol. The first-order valence-electron chi connectivity index (χ1n) is 7.67. The van der Waals surface area contributed by atoms with Gasteiger partial charge in [-0.15, -0.1) is 0 Å². The predicted octanol–water partition coefficient (Wildman–Crippen LogP) is 5.25. The van der Waals surface area contributed by atoms with Crippen LogP contribution in [0.25, 0.3) is 17.3 Å². The summed E-state index contributed by atoms with van der Waals surface area (Å²) in [4.78, 5) is 4.58. The lowest BCUT2D eigenvalue weighted by molar-refractivity contribution is 0.636. The number of allylic oxidation sites excluding steroid dienone is 3. The number of hydrogen-bond acceptors (Lipinski definition) is 1. The van der Waals surface area contributed by atoms with Crippen molar-refractivity contribution in [2.24, 2.45) is 0 Å². The second-order valence-electron chi connectivity index (χ2n) is 5.28. The molecule has 2 rings (SSSR count). The maximum atomic E-state index is 4.58. The molecule has 0 saturated carbocycles. The first-order chi connectivity index (χ1) is 10.3. The van der Waals surface area contributed by atoms with Crippen molar-refractivity contribution in [1.29, 1.82) is 0 Å². The van der Waals surface area contributed by atoms with Crippen LogP contribution >= 0.6 is 0 Å². The van der Waals surface area contributed by atoms with Gasteiger partial charge in [-0.05, 0) is 26.3 Å². The van der Waals surface area contributed by atoms with Crippen LogP contribution in [-0.4, -0.2) is 9.55 Å². The van der Waals surface area contributed by atoms with E-state index in [0.717, 1.165) is 12.2 Å². The molecule has 0 amide bonds. The zero-order valence-corrected chi connectivity index (χ0v) is 13.2. The van der Waals surface area contributed by atoms with E-state index in [2.05, 4.69) is 53.7 Å². The normalized spacial score (nSPS) is 11.8. The number of unbranched alkanes of at least 4 members (excludes halogenated alkanes) is 1. The number of benzene rings is 1. The van der Waals surface area contributed by atoms with Gasteiger partial charge in [-0.25, -0.2) is 4.98 Å². The summed E-state index contributed by atoms with van der Waals surface area (Å²) in [7, 11) is 0. The molecule has 0 unspecified atom stereocenters. The second-order valence-corrected chi connectivity index (χ2v) is 5.28. The summed E-state index contributed by atoms with van der Waals surface area (Å²) < 4.78 is 2.27. The van der Waals surface area contributed by atoms with Crippen LogP contribution in [0.4, 0.5) is 0 Å². The molecule has 21 heavy (non-hydrogen) atoms. The Morgan fingerprint density at radius 1 is 1.14 bits per heavy atom. The topological polar surface area (TPSA) is 17.8 Å². The van der Waals surface area contributed by atoms with Crippen LogP contribution in [0.15, 0.2) is 48.8 Å². The first kappa shape index (κ1) is 15.3. The summed E-state index contributed by atoms with van der Waals surface area (Å²) in [6.45, 7) is 7.37. The molecule has 2 heteroatoms. The lowest BCUT2D eigenvalue weighted by Crippen LogP contribution is -1.99. The van der Waals surface area contributed by atoms with Crippen LogP contribution in [-0.2, 0) is 6.54 Å². The molecule has 110 valence electrons. The molecule has 1 aromatic carbocycles. The molecule has 0 saturated heterocycles. The third-order valence-electron chi connectivity index (χ3n) is 3.50. The van der Waals surface area contributed by atoms with Crippen LogP contribution < -0.4 is 0 Å². The molecule has 0 aliphatic carbocycles. The number of hydrogen-bond donors (Lipinski definition) is 0. The van der Waals surface area contributed by atoms with E-state index in [0.29, 0.717) is 0 Å². The van der Waals surface area contributed by atoms with Crippen LogP contribution in [0, 0.1) is 6.92 Å². The Kier molecular flexibility index (Phi) is 5.56. The van der Waals surface area contributed by atoms with Crippen molar-refractivity contribution in [3.63, 3.8) is 0 Å². The number of nitrogens with zero attached hydrogens (tertiary/aromatic N) is 2. The highest BCUT2D eigenvalue weighted by Gasteiger charge is 2.10. The Morgan fingerprint density at radius 2 is 1.90 bits per heavy atom. The second kappa shape index (κ2) is 7.63. The van der Waals surface area contributed by atoms with E-state index >= 15 is 0 Å². The van der Waals surface area contributed by atoms with Gasteiger partial charge in [-0.3, -0.25) is 0 Å². The fourth-order valence-electron chi connectivity index (χ4n) is 2.30. The van der Waals surface area contributed by atoms with Crippen LogP contribution in [0.2, 0.25) is 0 Å². The van der Waals surface area contributed by atoms with Gasteiger partial charge in [0.2, 0.25) is 0 Å². The minimum Gasteiger partial charge on any atom is -0.330 e. The minimum absolute atomic E-state index is 1.02. The molecule has 0 fully saturated rings. The fraction of sp³-hybridized carbons (Fsp3) is 0.316. The van der Waals surface area contributed by atoms with Gasteiger partial charge in [-0.2, -0.15) is 0 Å². The van der Waals surface area contributed by atoms with Gasteiger partial charge < -0.3 is 4.57 Å². The Hall–Kier alpha value is -2.09. The molecule has 0 aliphatic heterocycles. The zero-order chi connectivity index (χ0) is 15.1. The highest BCUT2D eigenvalue weighted by Crippen LogP contribution is 2.25. The first-order valence-corrected chi connectivity index (χ1v) is 7.67. The summed E-state index contributed by atoms with van der Waals surface area (Å²) in [5.74, 6) is 0. The van der Waals surface area contributed by atoms with Gasteiger partial charge in [-0.1, -0.05) is 61.4 Å². The minimum atomic E-state index is 1.02. The fourth-order valence-corrected chi connectivity index (χ4v) is 2.30. The van der Waals surface area contributed by atoms with Crippen LogP contribution in [0.3, 0.4) is 0 Å². The van der Waals surface area contributed by atoms with Crippen molar-refractivity contribution >= 4 is 6.08 Å². The maximum absolute atomic E-state index is 4.58. The average molecular weight is 280 g/mol. The number of aromatic nitrogens is 2. The molecule has 2 nitrogen and oxygen atoms in total. The van der Waals surface area contributed by atoms with E-state index in [-0.39, 0.29) is 0 Å². The maximum Gasteiger partial charge on any atom is 0.0958 e. The monoisotopic (exact) mass is 280 g/mol. The molecular weight excluding hydrogens is 256 g/mol. The van der Waals surface area contributed by atoms with Gasteiger partial charge in [0.25, 0.3) is 0 Å². The van der Waals surface area contributed by atoms with Gasteiger partial charge in [0, 0.05) is 12.1 Å². The van der Waals surface area contributed by atoms with Gasteiger partial charge in [0.1, 0.15) is 0 Å². The number of imidazole rings is 1. The summed E-state index contributed by atoms with van der Waals surface area (Å²) in [5.41, 5.74) is 4.76. The summed E-state index contributed by atoms with van der Waals surface area (Å²) in [6.07, 6.45) is 12.5. The van der Waals surface area contributed by atoms with Crippen molar-refractivity contribution in [2.45, 2.75) is 40.2 Å².